The van der Waals surface area contributed by atoms with Crippen molar-refractivity contribution in [3.8, 4) is 11.5 Å². The summed E-state index contributed by atoms with van der Waals surface area (Å²) in [5, 5.41) is 2.59. The number of hydrogen-bond donors (Lipinski definition) is 1. The van der Waals surface area contributed by atoms with Crippen LogP contribution in [0.15, 0.2) is 24.3 Å². The molecule has 0 spiro atoms. The van der Waals surface area contributed by atoms with E-state index < -0.39 is 0 Å². The normalized spacial score (nSPS) is 9.81. The number of carbonyl (C=O) groups is 2. The fourth-order valence-corrected chi connectivity index (χ4v) is 1.58. The van der Waals surface area contributed by atoms with E-state index in [0.717, 1.165) is 0 Å². The van der Waals surface area contributed by atoms with E-state index in [4.69, 9.17) is 14.2 Å². The molecule has 0 heterocycles. The Morgan fingerprint density at radius 2 is 1.71 bits per heavy atom. The summed E-state index contributed by atoms with van der Waals surface area (Å²) in [6.07, 6.45) is 0.148. The van der Waals surface area contributed by atoms with Gasteiger partial charge in [-0.3, -0.25) is 9.59 Å². The number of carbonyl (C=O) groups excluding carboxylic acids is 2. The van der Waals surface area contributed by atoms with E-state index in [1.165, 1.54) is 0 Å². The molecule has 1 aromatic carbocycles. The van der Waals surface area contributed by atoms with Crippen LogP contribution in [-0.4, -0.2) is 38.2 Å². The van der Waals surface area contributed by atoms with Crippen molar-refractivity contribution in [2.45, 2.75) is 20.3 Å². The van der Waals surface area contributed by atoms with E-state index in [1.807, 2.05) is 13.0 Å². The number of ether oxygens (including phenoxy) is 3. The van der Waals surface area contributed by atoms with Crippen molar-refractivity contribution in [2.24, 2.45) is 0 Å². The minimum Gasteiger partial charge on any atom is -0.490 e. The lowest BCUT2D eigenvalue weighted by Crippen LogP contribution is -2.31. The number of rotatable bonds is 9. The first-order valence-corrected chi connectivity index (χ1v) is 6.94. The van der Waals surface area contributed by atoms with Crippen LogP contribution in [-0.2, 0) is 14.3 Å². The fraction of sp³-hybridized carbons (Fsp3) is 0.467. The average molecular weight is 295 g/mol. The van der Waals surface area contributed by atoms with Crippen LogP contribution >= 0.6 is 0 Å². The molecule has 0 aliphatic carbocycles. The zero-order valence-electron chi connectivity index (χ0n) is 12.4. The molecule has 1 amide bonds. The first-order chi connectivity index (χ1) is 10.2. The van der Waals surface area contributed by atoms with Gasteiger partial charge < -0.3 is 19.5 Å². The van der Waals surface area contributed by atoms with Crippen LogP contribution in [0.4, 0.5) is 0 Å². The second-order valence-corrected chi connectivity index (χ2v) is 4.07. The second-order valence-electron chi connectivity index (χ2n) is 4.07. The molecule has 6 nitrogen and oxygen atoms in total. The molecule has 0 aliphatic heterocycles. The van der Waals surface area contributed by atoms with Crippen LogP contribution in [0.3, 0.4) is 0 Å². The molecule has 0 unspecified atom stereocenters. The van der Waals surface area contributed by atoms with Crippen LogP contribution in [0, 0.1) is 0 Å². The maximum atomic E-state index is 11.6. The van der Waals surface area contributed by atoms with E-state index in [0.29, 0.717) is 24.7 Å². The largest absolute Gasteiger partial charge is 0.490 e. The predicted molar refractivity (Wildman–Crippen MR) is 77.4 cm³/mol. The number of amides is 1. The summed E-state index contributed by atoms with van der Waals surface area (Å²) >= 11 is 0. The van der Waals surface area contributed by atoms with Crippen molar-refractivity contribution in [1.29, 1.82) is 0 Å². The lowest BCUT2D eigenvalue weighted by atomic mass is 10.3. The molecule has 0 fully saturated rings. The quantitative estimate of drug-likeness (QED) is 0.699. The molecule has 1 aromatic rings. The predicted octanol–water partition coefficient (Wildman–Crippen LogP) is 1.53. The van der Waals surface area contributed by atoms with Gasteiger partial charge in [-0.25, -0.2) is 0 Å². The highest BCUT2D eigenvalue weighted by atomic mass is 16.5. The van der Waals surface area contributed by atoms with Crippen molar-refractivity contribution in [1.82, 2.24) is 5.32 Å². The van der Waals surface area contributed by atoms with Gasteiger partial charge in [-0.05, 0) is 26.0 Å². The van der Waals surface area contributed by atoms with Crippen molar-refractivity contribution in [3.63, 3.8) is 0 Å². The molecule has 0 aromatic heterocycles. The van der Waals surface area contributed by atoms with Gasteiger partial charge in [-0.15, -0.1) is 0 Å². The van der Waals surface area contributed by atoms with E-state index in [1.54, 1.807) is 25.1 Å². The van der Waals surface area contributed by atoms with Gasteiger partial charge in [-0.1, -0.05) is 12.1 Å². The zero-order valence-corrected chi connectivity index (χ0v) is 12.4. The Hall–Kier alpha value is -2.24. The van der Waals surface area contributed by atoms with Crippen molar-refractivity contribution in [2.75, 3.05) is 26.4 Å². The van der Waals surface area contributed by atoms with Crippen LogP contribution in [0.1, 0.15) is 20.3 Å². The number of esters is 1. The summed E-state index contributed by atoms with van der Waals surface area (Å²) < 4.78 is 15.6. The molecular weight excluding hydrogens is 274 g/mol. The first-order valence-electron chi connectivity index (χ1n) is 6.94. The third-order valence-electron chi connectivity index (χ3n) is 2.46. The van der Waals surface area contributed by atoms with Crippen molar-refractivity contribution < 1.29 is 23.8 Å². The van der Waals surface area contributed by atoms with E-state index in [2.05, 4.69) is 5.32 Å². The van der Waals surface area contributed by atoms with Crippen LogP contribution < -0.4 is 14.8 Å². The Morgan fingerprint density at radius 1 is 1.05 bits per heavy atom. The molecule has 0 saturated carbocycles. The highest BCUT2D eigenvalue weighted by Crippen LogP contribution is 2.26. The Balaban J connectivity index is 2.31. The SMILES string of the molecule is CCOC(=O)CCNC(=O)COc1ccccc1OCC. The van der Waals surface area contributed by atoms with Gasteiger partial charge in [0.15, 0.2) is 18.1 Å². The summed E-state index contributed by atoms with van der Waals surface area (Å²) in [6.45, 7) is 4.57. The van der Waals surface area contributed by atoms with E-state index >= 15 is 0 Å². The molecule has 6 heteroatoms. The molecule has 0 saturated heterocycles. The minimum atomic E-state index is -0.333. The van der Waals surface area contributed by atoms with E-state index in [-0.39, 0.29) is 31.4 Å². The van der Waals surface area contributed by atoms with Gasteiger partial charge >= 0.3 is 5.97 Å². The van der Waals surface area contributed by atoms with Gasteiger partial charge in [0.05, 0.1) is 19.6 Å². The summed E-state index contributed by atoms with van der Waals surface area (Å²) in [6, 6.07) is 7.14. The number of nitrogens with one attached hydrogen (secondary N) is 1. The maximum absolute atomic E-state index is 11.6. The van der Waals surface area contributed by atoms with Crippen LogP contribution in [0.2, 0.25) is 0 Å². The van der Waals surface area contributed by atoms with Gasteiger partial charge in [0.1, 0.15) is 0 Å². The molecule has 116 valence electrons. The first kappa shape index (κ1) is 16.8. The van der Waals surface area contributed by atoms with Crippen LogP contribution in [0.5, 0.6) is 11.5 Å². The molecule has 21 heavy (non-hydrogen) atoms. The third-order valence-corrected chi connectivity index (χ3v) is 2.46. The van der Waals surface area contributed by atoms with Crippen molar-refractivity contribution >= 4 is 11.9 Å². The Morgan fingerprint density at radius 3 is 2.33 bits per heavy atom. The molecule has 0 radical (unpaired) electrons. The lowest BCUT2D eigenvalue weighted by molar-refractivity contribution is -0.143. The number of para-hydroxylation sites is 2. The average Bonchev–Trinajstić information content (AvgIpc) is 2.47. The summed E-state index contributed by atoms with van der Waals surface area (Å²) in [7, 11) is 0. The highest BCUT2D eigenvalue weighted by molar-refractivity contribution is 5.78. The van der Waals surface area contributed by atoms with Gasteiger partial charge in [0.25, 0.3) is 5.91 Å². The summed E-state index contributed by atoms with van der Waals surface area (Å²) in [5.74, 6) is 0.477. The van der Waals surface area contributed by atoms with Gasteiger partial charge in [0, 0.05) is 6.54 Å². The van der Waals surface area contributed by atoms with Gasteiger partial charge in [0.2, 0.25) is 0 Å². The molecule has 1 N–H and O–H groups in total. The minimum absolute atomic E-state index is 0.132. The zero-order chi connectivity index (χ0) is 15.5. The Labute approximate surface area is 124 Å². The summed E-state index contributed by atoms with van der Waals surface area (Å²) in [4.78, 5) is 22.7. The fourth-order valence-electron chi connectivity index (χ4n) is 1.58. The summed E-state index contributed by atoms with van der Waals surface area (Å²) in [5.41, 5.74) is 0. The monoisotopic (exact) mass is 295 g/mol. The third kappa shape index (κ3) is 6.65. The Kier molecular flexibility index (Phi) is 7.71. The molecule has 1 rings (SSSR count). The number of hydrogen-bond acceptors (Lipinski definition) is 5. The Bertz CT molecular complexity index is 461. The molecule has 0 aliphatic rings. The van der Waals surface area contributed by atoms with Crippen LogP contribution in [0.25, 0.3) is 0 Å². The highest BCUT2D eigenvalue weighted by Gasteiger charge is 2.08. The lowest BCUT2D eigenvalue weighted by Gasteiger charge is -2.11. The molecule has 0 bridgehead atoms. The number of benzene rings is 1. The second kappa shape index (κ2) is 9.63. The molecule has 0 atom stereocenters. The molecular formula is C15H21NO5. The van der Waals surface area contributed by atoms with Crippen molar-refractivity contribution in [3.05, 3.63) is 24.3 Å². The topological polar surface area (TPSA) is 73.9 Å². The standard InChI is InChI=1S/C15H21NO5/c1-3-19-12-7-5-6-8-13(12)21-11-14(17)16-10-9-15(18)20-4-2/h5-8H,3-4,9-11H2,1-2H3,(H,16,17). The maximum Gasteiger partial charge on any atom is 0.307 e. The van der Waals surface area contributed by atoms with Gasteiger partial charge in [-0.2, -0.15) is 0 Å². The smallest absolute Gasteiger partial charge is 0.307 e. The van der Waals surface area contributed by atoms with E-state index in [9.17, 15) is 9.59 Å².